The van der Waals surface area contributed by atoms with Crippen molar-refractivity contribution >= 4 is 17.5 Å². The Bertz CT molecular complexity index is 778. The number of carbonyl (C=O) groups excluding carboxylic acids is 1. The van der Waals surface area contributed by atoms with Crippen molar-refractivity contribution in [2.24, 2.45) is 5.92 Å². The zero-order valence-electron chi connectivity index (χ0n) is 16.1. The van der Waals surface area contributed by atoms with Gasteiger partial charge in [-0.15, -0.1) is 5.10 Å². The summed E-state index contributed by atoms with van der Waals surface area (Å²) in [5.74, 6) is 1.89. The number of piperazine rings is 1. The maximum Gasteiger partial charge on any atom is 0.222 e. The predicted molar refractivity (Wildman–Crippen MR) is 107 cm³/mol. The molecule has 2 aliphatic rings. The molecule has 0 bridgehead atoms. The van der Waals surface area contributed by atoms with Crippen LogP contribution in [0.5, 0.6) is 0 Å². The third kappa shape index (κ3) is 4.70. The zero-order valence-corrected chi connectivity index (χ0v) is 16.9. The predicted octanol–water partition coefficient (Wildman–Crippen LogP) is 2.93. The van der Waals surface area contributed by atoms with Gasteiger partial charge in [-0.1, -0.05) is 37.3 Å². The topological polar surface area (TPSA) is 67.2 Å². The third-order valence-corrected chi connectivity index (χ3v) is 6.19. The summed E-state index contributed by atoms with van der Waals surface area (Å²) in [6.45, 7) is 3.93. The molecule has 28 heavy (non-hydrogen) atoms. The molecule has 1 aromatic carbocycles. The van der Waals surface area contributed by atoms with E-state index < -0.39 is 0 Å². The number of halogens is 1. The maximum absolute atomic E-state index is 12.5. The lowest BCUT2D eigenvalue weighted by atomic mass is 10.0. The summed E-state index contributed by atoms with van der Waals surface area (Å²) in [6, 6.07) is 7.48. The van der Waals surface area contributed by atoms with Crippen LogP contribution in [0.2, 0.25) is 5.02 Å². The Morgan fingerprint density at radius 3 is 2.50 bits per heavy atom. The molecule has 0 N–H and O–H groups in total. The Balaban J connectivity index is 1.27. The molecule has 0 atom stereocenters. The van der Waals surface area contributed by atoms with Crippen LogP contribution < -0.4 is 0 Å². The molecule has 0 unspecified atom stereocenters. The van der Waals surface area contributed by atoms with E-state index in [9.17, 15) is 4.79 Å². The van der Waals surface area contributed by atoms with E-state index >= 15 is 0 Å². The van der Waals surface area contributed by atoms with E-state index in [2.05, 4.69) is 20.4 Å². The van der Waals surface area contributed by atoms with E-state index in [1.54, 1.807) is 4.68 Å². The minimum absolute atomic E-state index is 0.317. The van der Waals surface area contributed by atoms with Crippen LogP contribution in [0, 0.1) is 5.92 Å². The SMILES string of the molecule is O=C(CCC1CCCC1)N1CCN(Cc2nnnn2-c2ccc(Cl)cc2)CC1. The summed E-state index contributed by atoms with van der Waals surface area (Å²) >= 11 is 5.97. The first kappa shape index (κ1) is 19.3. The van der Waals surface area contributed by atoms with Crippen LogP contribution in [0.4, 0.5) is 0 Å². The number of nitrogens with zero attached hydrogens (tertiary/aromatic N) is 6. The minimum atomic E-state index is 0.317. The van der Waals surface area contributed by atoms with E-state index in [-0.39, 0.29) is 0 Å². The maximum atomic E-state index is 12.5. The first-order valence-corrected chi connectivity index (χ1v) is 10.6. The Labute approximate surface area is 170 Å². The summed E-state index contributed by atoms with van der Waals surface area (Å²) < 4.78 is 1.75. The molecule has 1 aromatic heterocycles. The van der Waals surface area contributed by atoms with Crippen LogP contribution in [-0.2, 0) is 11.3 Å². The largest absolute Gasteiger partial charge is 0.340 e. The zero-order chi connectivity index (χ0) is 19.3. The number of benzene rings is 1. The molecule has 0 spiro atoms. The molecule has 7 nitrogen and oxygen atoms in total. The summed E-state index contributed by atoms with van der Waals surface area (Å²) in [5.41, 5.74) is 0.894. The van der Waals surface area contributed by atoms with Crippen LogP contribution >= 0.6 is 11.6 Å². The molecule has 1 aliphatic heterocycles. The molecular weight excluding hydrogens is 376 g/mol. The van der Waals surface area contributed by atoms with Crippen molar-refractivity contribution < 1.29 is 4.79 Å². The molecule has 4 rings (SSSR count). The second-order valence-corrected chi connectivity index (χ2v) is 8.27. The number of amides is 1. The fourth-order valence-corrected chi connectivity index (χ4v) is 4.35. The molecule has 2 heterocycles. The standard InChI is InChI=1S/C20H27ClN6O/c21-17-6-8-18(9-7-17)27-19(22-23-24-27)15-25-11-13-26(14-12-25)20(28)10-5-16-3-1-2-4-16/h6-9,16H,1-5,10-15H2. The van der Waals surface area contributed by atoms with Crippen LogP contribution in [0.25, 0.3) is 5.69 Å². The monoisotopic (exact) mass is 402 g/mol. The van der Waals surface area contributed by atoms with Gasteiger partial charge in [0.05, 0.1) is 12.2 Å². The third-order valence-electron chi connectivity index (χ3n) is 5.94. The second-order valence-electron chi connectivity index (χ2n) is 7.83. The van der Waals surface area contributed by atoms with Crippen molar-refractivity contribution in [3.8, 4) is 5.69 Å². The Morgan fingerprint density at radius 2 is 1.79 bits per heavy atom. The van der Waals surface area contributed by atoms with E-state index in [1.165, 1.54) is 25.7 Å². The highest BCUT2D eigenvalue weighted by atomic mass is 35.5. The first-order chi connectivity index (χ1) is 13.7. The van der Waals surface area contributed by atoms with Crippen LogP contribution in [0.15, 0.2) is 24.3 Å². The molecular formula is C20H27ClN6O. The Hall–Kier alpha value is -1.99. The smallest absolute Gasteiger partial charge is 0.222 e. The van der Waals surface area contributed by atoms with Gasteiger partial charge in [0.1, 0.15) is 0 Å². The van der Waals surface area contributed by atoms with E-state index in [0.29, 0.717) is 23.9 Å². The molecule has 0 radical (unpaired) electrons. The van der Waals surface area contributed by atoms with Crippen molar-refractivity contribution in [1.29, 1.82) is 0 Å². The quantitative estimate of drug-likeness (QED) is 0.743. The van der Waals surface area contributed by atoms with Crippen molar-refractivity contribution in [1.82, 2.24) is 30.0 Å². The van der Waals surface area contributed by atoms with Crippen LogP contribution in [0.1, 0.15) is 44.3 Å². The lowest BCUT2D eigenvalue weighted by Crippen LogP contribution is -2.48. The van der Waals surface area contributed by atoms with Gasteiger partial charge in [0.25, 0.3) is 0 Å². The van der Waals surface area contributed by atoms with Crippen molar-refractivity contribution in [3.63, 3.8) is 0 Å². The molecule has 150 valence electrons. The molecule has 1 aliphatic carbocycles. The summed E-state index contributed by atoms with van der Waals surface area (Å²) in [6.07, 6.45) is 7.07. The van der Waals surface area contributed by atoms with Gasteiger partial charge in [0.15, 0.2) is 5.82 Å². The Morgan fingerprint density at radius 1 is 1.07 bits per heavy atom. The van der Waals surface area contributed by atoms with Gasteiger partial charge in [0, 0.05) is 37.6 Å². The van der Waals surface area contributed by atoms with Crippen molar-refractivity contribution in [3.05, 3.63) is 35.1 Å². The normalized spacial score (nSPS) is 18.7. The van der Waals surface area contributed by atoms with Crippen LogP contribution in [-0.4, -0.2) is 62.1 Å². The van der Waals surface area contributed by atoms with E-state index in [0.717, 1.165) is 50.0 Å². The number of hydrogen-bond donors (Lipinski definition) is 0. The van der Waals surface area contributed by atoms with Gasteiger partial charge in [-0.25, -0.2) is 0 Å². The lowest BCUT2D eigenvalue weighted by Gasteiger charge is -2.34. The number of hydrogen-bond acceptors (Lipinski definition) is 5. The second kappa shape index (κ2) is 9.01. The fourth-order valence-electron chi connectivity index (χ4n) is 4.23. The number of aromatic nitrogens is 4. The molecule has 8 heteroatoms. The van der Waals surface area contributed by atoms with Gasteiger partial charge >= 0.3 is 0 Å². The summed E-state index contributed by atoms with van der Waals surface area (Å²) in [5, 5.41) is 12.8. The molecule has 1 amide bonds. The molecule has 1 saturated heterocycles. The number of carbonyl (C=O) groups is 1. The Kier molecular flexibility index (Phi) is 6.22. The van der Waals surface area contributed by atoms with Crippen molar-refractivity contribution in [2.45, 2.75) is 45.1 Å². The highest BCUT2D eigenvalue weighted by molar-refractivity contribution is 6.30. The molecule has 2 aromatic rings. The van der Waals surface area contributed by atoms with Crippen molar-refractivity contribution in [2.75, 3.05) is 26.2 Å². The van der Waals surface area contributed by atoms with E-state index in [1.807, 2.05) is 29.2 Å². The fraction of sp³-hybridized carbons (Fsp3) is 0.600. The van der Waals surface area contributed by atoms with Gasteiger partial charge < -0.3 is 4.90 Å². The lowest BCUT2D eigenvalue weighted by molar-refractivity contribution is -0.133. The van der Waals surface area contributed by atoms with Gasteiger partial charge in [-0.2, -0.15) is 4.68 Å². The summed E-state index contributed by atoms with van der Waals surface area (Å²) in [4.78, 5) is 16.8. The summed E-state index contributed by atoms with van der Waals surface area (Å²) in [7, 11) is 0. The highest BCUT2D eigenvalue weighted by Gasteiger charge is 2.24. The molecule has 2 fully saturated rings. The highest BCUT2D eigenvalue weighted by Crippen LogP contribution is 2.28. The van der Waals surface area contributed by atoms with Gasteiger partial charge in [-0.3, -0.25) is 9.69 Å². The number of tetrazole rings is 1. The average molecular weight is 403 g/mol. The first-order valence-electron chi connectivity index (χ1n) is 10.2. The minimum Gasteiger partial charge on any atom is -0.340 e. The average Bonchev–Trinajstić information content (AvgIpc) is 3.39. The van der Waals surface area contributed by atoms with Crippen LogP contribution in [0.3, 0.4) is 0 Å². The van der Waals surface area contributed by atoms with Gasteiger partial charge in [-0.05, 0) is 47.0 Å². The van der Waals surface area contributed by atoms with Gasteiger partial charge in [0.2, 0.25) is 5.91 Å². The molecule has 1 saturated carbocycles. The number of rotatable bonds is 6. The van der Waals surface area contributed by atoms with E-state index in [4.69, 9.17) is 11.6 Å².